The Hall–Kier alpha value is -1.00. The number of halogens is 2. The minimum Gasteiger partial charge on any atom is -0.389 e. The normalized spacial score (nSPS) is 14.6. The maximum atomic E-state index is 13.4. The molecule has 0 aliphatic rings. The second-order valence-electron chi connectivity index (χ2n) is 4.55. The highest BCUT2D eigenvalue weighted by molar-refractivity contribution is 5.21. The first-order chi connectivity index (χ1) is 7.96. The van der Waals surface area contributed by atoms with Crippen LogP contribution < -0.4 is 5.32 Å². The molecule has 1 aromatic carbocycles. The van der Waals surface area contributed by atoms with Crippen LogP contribution in [-0.4, -0.2) is 23.8 Å². The van der Waals surface area contributed by atoms with E-state index in [4.69, 9.17) is 0 Å². The molecule has 0 saturated carbocycles. The molecule has 0 aliphatic heterocycles. The molecule has 1 rings (SSSR count). The molecule has 2 N–H and O–H groups in total. The van der Waals surface area contributed by atoms with Crippen LogP contribution in [0.3, 0.4) is 0 Å². The molecule has 1 unspecified atom stereocenters. The Labute approximate surface area is 101 Å². The van der Waals surface area contributed by atoms with E-state index in [0.717, 1.165) is 13.0 Å². The molecule has 4 heteroatoms. The summed E-state index contributed by atoms with van der Waals surface area (Å²) in [5, 5.41) is 13.1. The molecule has 0 fully saturated rings. The Morgan fingerprint density at radius 2 is 1.88 bits per heavy atom. The summed E-state index contributed by atoms with van der Waals surface area (Å²) in [6.45, 7) is 4.67. The van der Waals surface area contributed by atoms with Crippen molar-refractivity contribution in [3.05, 3.63) is 35.4 Å². The van der Waals surface area contributed by atoms with Gasteiger partial charge in [0.25, 0.3) is 0 Å². The van der Waals surface area contributed by atoms with Crippen molar-refractivity contribution < 1.29 is 13.9 Å². The van der Waals surface area contributed by atoms with Crippen molar-refractivity contribution >= 4 is 0 Å². The highest BCUT2D eigenvalue weighted by Crippen LogP contribution is 2.18. The van der Waals surface area contributed by atoms with E-state index in [1.165, 1.54) is 18.2 Å². The fourth-order valence-corrected chi connectivity index (χ4v) is 1.68. The Bertz CT molecular complexity index is 346. The van der Waals surface area contributed by atoms with Crippen LogP contribution in [0.1, 0.15) is 25.8 Å². The van der Waals surface area contributed by atoms with E-state index < -0.39 is 17.2 Å². The molecule has 0 amide bonds. The zero-order valence-electron chi connectivity index (χ0n) is 10.3. The van der Waals surface area contributed by atoms with Crippen LogP contribution in [-0.2, 0) is 6.42 Å². The van der Waals surface area contributed by atoms with E-state index in [9.17, 15) is 13.9 Å². The van der Waals surface area contributed by atoms with Crippen LogP contribution in [0.5, 0.6) is 0 Å². The van der Waals surface area contributed by atoms with Gasteiger partial charge in [-0.15, -0.1) is 0 Å². The average Bonchev–Trinajstić information content (AvgIpc) is 2.24. The third kappa shape index (κ3) is 4.40. The molecule has 1 atom stereocenters. The number of hydrogen-bond donors (Lipinski definition) is 2. The first-order valence-corrected chi connectivity index (χ1v) is 5.82. The van der Waals surface area contributed by atoms with Gasteiger partial charge < -0.3 is 10.4 Å². The lowest BCUT2D eigenvalue weighted by molar-refractivity contribution is 0.0585. The maximum Gasteiger partial charge on any atom is 0.129 e. The van der Waals surface area contributed by atoms with E-state index in [1.807, 2.05) is 6.92 Å². The Morgan fingerprint density at radius 1 is 1.29 bits per heavy atom. The van der Waals surface area contributed by atoms with Crippen molar-refractivity contribution in [2.24, 2.45) is 0 Å². The van der Waals surface area contributed by atoms with Crippen LogP contribution in [0, 0.1) is 11.6 Å². The molecule has 0 aromatic heterocycles. The fourth-order valence-electron chi connectivity index (χ4n) is 1.68. The molecule has 0 radical (unpaired) electrons. The Kier molecular flexibility index (Phi) is 5.02. The molecule has 1 aromatic rings. The molecule has 96 valence electrons. The minimum atomic E-state index is -1.15. The van der Waals surface area contributed by atoms with Gasteiger partial charge in [-0.1, -0.05) is 13.0 Å². The van der Waals surface area contributed by atoms with Gasteiger partial charge in [0.2, 0.25) is 0 Å². The van der Waals surface area contributed by atoms with Crippen molar-refractivity contribution in [1.82, 2.24) is 5.32 Å². The summed E-state index contributed by atoms with van der Waals surface area (Å²) < 4.78 is 26.8. The first kappa shape index (κ1) is 14.1. The van der Waals surface area contributed by atoms with Crippen LogP contribution in [0.4, 0.5) is 8.78 Å². The molecule has 17 heavy (non-hydrogen) atoms. The predicted molar refractivity (Wildman–Crippen MR) is 63.8 cm³/mol. The van der Waals surface area contributed by atoms with Gasteiger partial charge in [-0.3, -0.25) is 0 Å². The van der Waals surface area contributed by atoms with E-state index in [0.29, 0.717) is 6.54 Å². The smallest absolute Gasteiger partial charge is 0.129 e. The topological polar surface area (TPSA) is 32.3 Å². The third-order valence-electron chi connectivity index (χ3n) is 2.55. The van der Waals surface area contributed by atoms with Crippen LogP contribution in [0.25, 0.3) is 0 Å². The summed E-state index contributed by atoms with van der Waals surface area (Å²) >= 11 is 0. The quantitative estimate of drug-likeness (QED) is 0.751. The SMILES string of the molecule is CCCNCC(C)(O)Cc1c(F)cccc1F. The van der Waals surface area contributed by atoms with Gasteiger partial charge in [-0.2, -0.15) is 0 Å². The van der Waals surface area contributed by atoms with Crippen LogP contribution in [0.2, 0.25) is 0 Å². The van der Waals surface area contributed by atoms with E-state index >= 15 is 0 Å². The number of hydrogen-bond acceptors (Lipinski definition) is 2. The molecule has 2 nitrogen and oxygen atoms in total. The van der Waals surface area contributed by atoms with Gasteiger partial charge in [0.05, 0.1) is 5.60 Å². The molecule has 0 bridgehead atoms. The van der Waals surface area contributed by atoms with Crippen molar-refractivity contribution in [3.8, 4) is 0 Å². The lowest BCUT2D eigenvalue weighted by Crippen LogP contribution is -2.40. The molecule has 0 spiro atoms. The average molecular weight is 243 g/mol. The summed E-state index contributed by atoms with van der Waals surface area (Å²) in [6, 6.07) is 3.72. The van der Waals surface area contributed by atoms with E-state index in [1.54, 1.807) is 6.92 Å². The molecule has 0 heterocycles. The summed E-state index contributed by atoms with van der Waals surface area (Å²) in [7, 11) is 0. The van der Waals surface area contributed by atoms with Gasteiger partial charge in [-0.05, 0) is 32.0 Å². The molecular formula is C13H19F2NO. The van der Waals surface area contributed by atoms with Gasteiger partial charge >= 0.3 is 0 Å². The number of nitrogens with one attached hydrogen (secondary N) is 1. The van der Waals surface area contributed by atoms with Gasteiger partial charge in [-0.25, -0.2) is 8.78 Å². The third-order valence-corrected chi connectivity index (χ3v) is 2.55. The lowest BCUT2D eigenvalue weighted by atomic mass is 9.95. The van der Waals surface area contributed by atoms with Crippen molar-refractivity contribution in [2.75, 3.05) is 13.1 Å². The van der Waals surface area contributed by atoms with Crippen LogP contribution >= 0.6 is 0 Å². The molecular weight excluding hydrogens is 224 g/mol. The zero-order chi connectivity index (χ0) is 12.9. The zero-order valence-corrected chi connectivity index (χ0v) is 10.3. The molecule has 0 saturated heterocycles. The van der Waals surface area contributed by atoms with Crippen molar-refractivity contribution in [3.63, 3.8) is 0 Å². The number of benzene rings is 1. The largest absolute Gasteiger partial charge is 0.389 e. The van der Waals surface area contributed by atoms with Crippen molar-refractivity contribution in [1.29, 1.82) is 0 Å². The minimum absolute atomic E-state index is 0.0395. The van der Waals surface area contributed by atoms with Gasteiger partial charge in [0, 0.05) is 18.5 Å². The van der Waals surface area contributed by atoms with E-state index in [2.05, 4.69) is 5.32 Å². The monoisotopic (exact) mass is 243 g/mol. The Morgan fingerprint density at radius 3 is 2.41 bits per heavy atom. The van der Waals surface area contributed by atoms with Crippen molar-refractivity contribution in [2.45, 2.75) is 32.3 Å². The first-order valence-electron chi connectivity index (χ1n) is 5.82. The number of aliphatic hydroxyl groups is 1. The molecule has 0 aliphatic carbocycles. The second kappa shape index (κ2) is 6.07. The second-order valence-corrected chi connectivity index (χ2v) is 4.55. The summed E-state index contributed by atoms with van der Waals surface area (Å²) in [5.74, 6) is -1.22. The summed E-state index contributed by atoms with van der Waals surface area (Å²) in [5.41, 5.74) is -1.21. The van der Waals surface area contributed by atoms with Gasteiger partial charge in [0.1, 0.15) is 11.6 Å². The van der Waals surface area contributed by atoms with Gasteiger partial charge in [0.15, 0.2) is 0 Å². The van der Waals surface area contributed by atoms with E-state index in [-0.39, 0.29) is 12.0 Å². The predicted octanol–water partition coefficient (Wildman–Crippen LogP) is 2.26. The highest BCUT2D eigenvalue weighted by Gasteiger charge is 2.24. The summed E-state index contributed by atoms with van der Waals surface area (Å²) in [4.78, 5) is 0. The standard InChI is InChI=1S/C13H19F2NO/c1-3-7-16-9-13(2,17)8-10-11(14)5-4-6-12(10)15/h4-6,16-17H,3,7-9H2,1-2H3. The lowest BCUT2D eigenvalue weighted by Gasteiger charge is -2.24. The fraction of sp³-hybridized carbons (Fsp3) is 0.538. The van der Waals surface area contributed by atoms with Crippen LogP contribution in [0.15, 0.2) is 18.2 Å². The number of rotatable bonds is 6. The summed E-state index contributed by atoms with van der Waals surface area (Å²) in [6.07, 6.45) is 0.909. The Balaban J connectivity index is 2.69. The highest BCUT2D eigenvalue weighted by atomic mass is 19.1. The maximum absolute atomic E-state index is 13.4.